The molecule has 0 saturated heterocycles. The van der Waals surface area contributed by atoms with Gasteiger partial charge in [-0.15, -0.1) is 0 Å². The van der Waals surface area contributed by atoms with E-state index in [-0.39, 0.29) is 5.82 Å². The first-order chi connectivity index (χ1) is 11.3. The van der Waals surface area contributed by atoms with Gasteiger partial charge < -0.3 is 10.0 Å². The minimum absolute atomic E-state index is 0.208. The SMILES string of the molecule is CNCc1ccc(NSc2ccccc2F)c(C2=CC=CC2)c1. The molecule has 118 valence electrons. The summed E-state index contributed by atoms with van der Waals surface area (Å²) < 4.78 is 17.1. The zero-order chi connectivity index (χ0) is 16.1. The summed E-state index contributed by atoms with van der Waals surface area (Å²) in [5.41, 5.74) is 4.69. The Labute approximate surface area is 140 Å². The number of anilines is 1. The van der Waals surface area contributed by atoms with Crippen molar-refractivity contribution in [3.05, 3.63) is 77.6 Å². The molecule has 0 aliphatic heterocycles. The van der Waals surface area contributed by atoms with Crippen LogP contribution in [0.1, 0.15) is 17.5 Å². The quantitative estimate of drug-likeness (QED) is 0.730. The lowest BCUT2D eigenvalue weighted by molar-refractivity contribution is 0.602. The van der Waals surface area contributed by atoms with Gasteiger partial charge in [-0.05, 0) is 60.8 Å². The van der Waals surface area contributed by atoms with Crippen LogP contribution in [0, 0.1) is 5.82 Å². The average Bonchev–Trinajstić information content (AvgIpc) is 3.09. The molecule has 0 radical (unpaired) electrons. The Bertz CT molecular complexity index is 753. The van der Waals surface area contributed by atoms with Crippen molar-refractivity contribution in [1.82, 2.24) is 5.32 Å². The predicted molar refractivity (Wildman–Crippen MR) is 96.8 cm³/mol. The van der Waals surface area contributed by atoms with E-state index in [9.17, 15) is 4.39 Å². The van der Waals surface area contributed by atoms with E-state index in [0.717, 1.165) is 18.7 Å². The summed E-state index contributed by atoms with van der Waals surface area (Å²) in [4.78, 5) is 0.594. The molecule has 0 amide bonds. The van der Waals surface area contributed by atoms with Gasteiger partial charge in [-0.2, -0.15) is 0 Å². The number of benzene rings is 2. The van der Waals surface area contributed by atoms with Crippen molar-refractivity contribution >= 4 is 23.2 Å². The van der Waals surface area contributed by atoms with Crippen molar-refractivity contribution in [2.75, 3.05) is 11.8 Å². The van der Waals surface area contributed by atoms with Crippen LogP contribution in [0.2, 0.25) is 0 Å². The molecule has 0 saturated carbocycles. The van der Waals surface area contributed by atoms with Crippen molar-refractivity contribution in [1.29, 1.82) is 0 Å². The molecule has 2 aromatic rings. The molecule has 0 spiro atoms. The molecule has 0 fully saturated rings. The zero-order valence-corrected chi connectivity index (χ0v) is 13.8. The first-order valence-electron chi connectivity index (χ1n) is 7.59. The molecular formula is C19H19FN2S. The summed E-state index contributed by atoms with van der Waals surface area (Å²) in [6, 6.07) is 13.1. The van der Waals surface area contributed by atoms with Gasteiger partial charge in [0.05, 0.1) is 10.6 Å². The molecule has 0 unspecified atom stereocenters. The Morgan fingerprint density at radius 1 is 1.17 bits per heavy atom. The van der Waals surface area contributed by atoms with Gasteiger partial charge in [0.15, 0.2) is 0 Å². The van der Waals surface area contributed by atoms with E-state index < -0.39 is 0 Å². The molecule has 0 aromatic heterocycles. The molecular weight excluding hydrogens is 307 g/mol. The fourth-order valence-electron chi connectivity index (χ4n) is 2.54. The maximum absolute atomic E-state index is 13.8. The minimum Gasteiger partial charge on any atom is -0.325 e. The summed E-state index contributed by atoms with van der Waals surface area (Å²) in [5.74, 6) is -0.208. The molecule has 0 bridgehead atoms. The van der Waals surface area contributed by atoms with Gasteiger partial charge in [0.25, 0.3) is 0 Å². The normalized spacial score (nSPS) is 13.2. The molecule has 2 aromatic carbocycles. The van der Waals surface area contributed by atoms with Crippen LogP contribution in [0.5, 0.6) is 0 Å². The third kappa shape index (κ3) is 3.84. The minimum atomic E-state index is -0.208. The second-order valence-corrected chi connectivity index (χ2v) is 6.22. The fourth-order valence-corrected chi connectivity index (χ4v) is 3.25. The summed E-state index contributed by atoms with van der Waals surface area (Å²) in [7, 11) is 1.94. The van der Waals surface area contributed by atoms with Crippen molar-refractivity contribution in [2.45, 2.75) is 17.9 Å². The third-order valence-electron chi connectivity index (χ3n) is 3.69. The number of allylic oxidation sites excluding steroid dienone is 4. The Morgan fingerprint density at radius 3 is 2.78 bits per heavy atom. The molecule has 2 nitrogen and oxygen atoms in total. The second-order valence-electron chi connectivity index (χ2n) is 5.37. The predicted octanol–water partition coefficient (Wildman–Crippen LogP) is 5.01. The van der Waals surface area contributed by atoms with Crippen LogP contribution < -0.4 is 10.0 Å². The lowest BCUT2D eigenvalue weighted by atomic mass is 10.0. The van der Waals surface area contributed by atoms with Crippen molar-refractivity contribution < 1.29 is 4.39 Å². The average molecular weight is 326 g/mol. The van der Waals surface area contributed by atoms with E-state index in [1.807, 2.05) is 13.1 Å². The number of hydrogen-bond donors (Lipinski definition) is 2. The van der Waals surface area contributed by atoms with Gasteiger partial charge in [-0.1, -0.05) is 36.4 Å². The smallest absolute Gasteiger partial charge is 0.138 e. The van der Waals surface area contributed by atoms with Crippen molar-refractivity contribution in [3.63, 3.8) is 0 Å². The molecule has 0 heterocycles. The summed E-state index contributed by atoms with van der Waals surface area (Å²) in [6.07, 6.45) is 7.29. The number of hydrogen-bond acceptors (Lipinski definition) is 3. The fraction of sp³-hybridized carbons (Fsp3) is 0.158. The van der Waals surface area contributed by atoms with Crippen molar-refractivity contribution in [3.8, 4) is 0 Å². The van der Waals surface area contributed by atoms with Crippen LogP contribution >= 0.6 is 11.9 Å². The highest BCUT2D eigenvalue weighted by Gasteiger charge is 2.11. The van der Waals surface area contributed by atoms with Crippen LogP contribution in [0.25, 0.3) is 5.57 Å². The van der Waals surface area contributed by atoms with Gasteiger partial charge >= 0.3 is 0 Å². The maximum Gasteiger partial charge on any atom is 0.138 e. The highest BCUT2D eigenvalue weighted by atomic mass is 32.2. The van der Waals surface area contributed by atoms with Gasteiger partial charge in [-0.3, -0.25) is 0 Å². The Balaban J connectivity index is 1.84. The molecule has 2 N–H and O–H groups in total. The molecule has 1 aliphatic carbocycles. The third-order valence-corrected chi connectivity index (χ3v) is 4.56. The maximum atomic E-state index is 13.8. The van der Waals surface area contributed by atoms with E-state index in [1.54, 1.807) is 12.1 Å². The Hall–Kier alpha value is -2.04. The first kappa shape index (κ1) is 15.8. The Kier molecular flexibility index (Phi) is 5.16. The van der Waals surface area contributed by atoms with E-state index in [0.29, 0.717) is 4.90 Å². The number of halogens is 1. The van der Waals surface area contributed by atoms with E-state index in [1.165, 1.54) is 34.7 Å². The summed E-state index contributed by atoms with van der Waals surface area (Å²) in [5, 5.41) is 3.18. The molecule has 3 rings (SSSR count). The van der Waals surface area contributed by atoms with Crippen LogP contribution in [-0.4, -0.2) is 7.05 Å². The highest BCUT2D eigenvalue weighted by molar-refractivity contribution is 8.00. The van der Waals surface area contributed by atoms with Crippen molar-refractivity contribution in [2.24, 2.45) is 0 Å². The topological polar surface area (TPSA) is 24.1 Å². The molecule has 0 atom stereocenters. The van der Waals surface area contributed by atoms with E-state index in [2.05, 4.69) is 46.5 Å². The van der Waals surface area contributed by atoms with Gasteiger partial charge in [0, 0.05) is 12.1 Å². The standard InChI is InChI=1S/C19H19FN2S/c1-21-13-14-10-11-18(16(12-14)15-6-2-3-7-15)22-23-19-9-5-4-8-17(19)20/h2-6,8-12,21-22H,7,13H2,1H3. The summed E-state index contributed by atoms with van der Waals surface area (Å²) in [6.45, 7) is 0.828. The van der Waals surface area contributed by atoms with Gasteiger partial charge in [-0.25, -0.2) is 4.39 Å². The Morgan fingerprint density at radius 2 is 2.04 bits per heavy atom. The highest BCUT2D eigenvalue weighted by Crippen LogP contribution is 2.33. The van der Waals surface area contributed by atoms with Crippen LogP contribution in [0.15, 0.2) is 65.6 Å². The molecule has 4 heteroatoms. The lowest BCUT2D eigenvalue weighted by Gasteiger charge is -2.14. The number of nitrogens with one attached hydrogen (secondary N) is 2. The summed E-state index contributed by atoms with van der Waals surface area (Å²) >= 11 is 1.30. The largest absolute Gasteiger partial charge is 0.325 e. The lowest BCUT2D eigenvalue weighted by Crippen LogP contribution is -2.06. The first-order valence-corrected chi connectivity index (χ1v) is 8.40. The van der Waals surface area contributed by atoms with E-state index in [4.69, 9.17) is 0 Å². The van der Waals surface area contributed by atoms with Crippen LogP contribution in [0.3, 0.4) is 0 Å². The van der Waals surface area contributed by atoms with Gasteiger partial charge in [0.1, 0.15) is 5.82 Å². The van der Waals surface area contributed by atoms with E-state index >= 15 is 0 Å². The van der Waals surface area contributed by atoms with Gasteiger partial charge in [0.2, 0.25) is 0 Å². The molecule has 1 aliphatic rings. The zero-order valence-electron chi connectivity index (χ0n) is 13.0. The second kappa shape index (κ2) is 7.49. The number of rotatable bonds is 6. The monoisotopic (exact) mass is 326 g/mol. The van der Waals surface area contributed by atoms with Crippen LogP contribution in [-0.2, 0) is 6.54 Å². The molecule has 23 heavy (non-hydrogen) atoms. The van der Waals surface area contributed by atoms with Crippen LogP contribution in [0.4, 0.5) is 10.1 Å².